The van der Waals surface area contributed by atoms with Crippen LogP contribution in [0.5, 0.6) is 0 Å². The van der Waals surface area contributed by atoms with E-state index in [2.05, 4.69) is 4.74 Å². The van der Waals surface area contributed by atoms with Crippen LogP contribution in [0.3, 0.4) is 0 Å². The Balaban J connectivity index is 1.59. The van der Waals surface area contributed by atoms with Crippen molar-refractivity contribution in [3.05, 3.63) is 0 Å². The number of alkyl halides is 2. The molecule has 0 saturated heterocycles. The molecule has 2 atom stereocenters. The third kappa shape index (κ3) is 3.22. The van der Waals surface area contributed by atoms with Crippen LogP contribution in [-0.2, 0) is 23.9 Å². The zero-order valence-corrected chi connectivity index (χ0v) is 14.1. The summed E-state index contributed by atoms with van der Waals surface area (Å²) >= 11 is 0. The Kier molecular flexibility index (Phi) is 4.28. The molecule has 140 valence electrons. The monoisotopic (exact) mass is 360 g/mol. The Labute approximate surface area is 143 Å². The van der Waals surface area contributed by atoms with Gasteiger partial charge in [-0.25, -0.2) is 4.79 Å². The number of esters is 2. The summed E-state index contributed by atoms with van der Waals surface area (Å²) in [5.74, 6) is -6.17. The van der Waals surface area contributed by atoms with Crippen LogP contribution in [0.15, 0.2) is 0 Å². The Morgan fingerprint density at radius 3 is 2.08 bits per heavy atom. The Bertz CT molecular complexity index is 582. The Morgan fingerprint density at radius 1 is 1.04 bits per heavy atom. The van der Waals surface area contributed by atoms with Crippen LogP contribution in [0.25, 0.3) is 0 Å². The zero-order valence-electron chi connectivity index (χ0n) is 14.1. The largest absolute Gasteiger partial charge is 0.481 e. The molecule has 0 amide bonds. The fourth-order valence-electron chi connectivity index (χ4n) is 5.30. The molecule has 0 heterocycles. The molecule has 2 unspecified atom stereocenters. The first-order chi connectivity index (χ1) is 11.6. The lowest BCUT2D eigenvalue weighted by atomic mass is 9.44. The van der Waals surface area contributed by atoms with E-state index in [4.69, 9.17) is 4.74 Å². The maximum atomic E-state index is 12.7. The van der Waals surface area contributed by atoms with Crippen molar-refractivity contribution in [1.29, 1.82) is 0 Å². The number of carboxylic acids is 1. The van der Waals surface area contributed by atoms with E-state index >= 15 is 0 Å². The molecule has 0 spiro atoms. The van der Waals surface area contributed by atoms with Crippen molar-refractivity contribution in [1.82, 2.24) is 0 Å². The van der Waals surface area contributed by atoms with Gasteiger partial charge in [0.1, 0.15) is 13.2 Å². The summed E-state index contributed by atoms with van der Waals surface area (Å²) in [5.41, 5.74) is -1.65. The highest BCUT2D eigenvalue weighted by Crippen LogP contribution is 2.65. The van der Waals surface area contributed by atoms with Gasteiger partial charge in [-0.1, -0.05) is 0 Å². The third-order valence-electron chi connectivity index (χ3n) is 5.86. The van der Waals surface area contributed by atoms with Gasteiger partial charge in [-0.05, 0) is 50.4 Å². The quantitative estimate of drug-likeness (QED) is 0.578. The number of ether oxygens (including phenoxy) is 2. The first-order valence-corrected chi connectivity index (χ1v) is 8.52. The second kappa shape index (κ2) is 5.92. The van der Waals surface area contributed by atoms with Crippen LogP contribution in [0.2, 0.25) is 0 Å². The number of carbonyl (C=O) groups excluding carboxylic acids is 2. The van der Waals surface area contributed by atoms with Gasteiger partial charge in [0.05, 0.1) is 10.8 Å². The minimum Gasteiger partial charge on any atom is -0.481 e. The molecule has 4 rings (SSSR count). The van der Waals surface area contributed by atoms with Gasteiger partial charge in [-0.2, -0.15) is 8.78 Å². The van der Waals surface area contributed by atoms with Crippen molar-refractivity contribution < 1.29 is 37.7 Å². The molecule has 0 aromatic rings. The number of hydrogen-bond donors (Lipinski definition) is 1. The van der Waals surface area contributed by atoms with Crippen molar-refractivity contribution >= 4 is 17.9 Å². The molecule has 6 nitrogen and oxygen atoms in total. The summed E-state index contributed by atoms with van der Waals surface area (Å²) < 4.78 is 34.9. The van der Waals surface area contributed by atoms with Gasteiger partial charge in [0, 0.05) is 6.92 Å². The lowest BCUT2D eigenvalue weighted by Crippen LogP contribution is -2.58. The van der Waals surface area contributed by atoms with Crippen molar-refractivity contribution in [2.45, 2.75) is 51.4 Å². The topological polar surface area (TPSA) is 89.9 Å². The SMILES string of the molecule is CC(F)(F)C(=O)OCCOC(=O)C12CC3CC(CC(C(=O)O)(C3)C1)C2. The maximum absolute atomic E-state index is 12.7. The molecule has 8 heteroatoms. The molecule has 0 aliphatic heterocycles. The van der Waals surface area contributed by atoms with Crippen LogP contribution >= 0.6 is 0 Å². The van der Waals surface area contributed by atoms with E-state index in [0.29, 0.717) is 32.6 Å². The fourth-order valence-corrected chi connectivity index (χ4v) is 5.30. The van der Waals surface area contributed by atoms with Gasteiger partial charge >= 0.3 is 23.8 Å². The number of carbonyl (C=O) groups is 3. The highest BCUT2D eigenvalue weighted by Gasteiger charge is 2.64. The standard InChI is InChI=1S/C17H22F2O6/c1-15(18,19)13(22)24-2-3-25-14(23)17-7-10-4-11(8-17)6-16(5-10,9-17)12(20)21/h10-11H,2-9H2,1H3,(H,20,21). The van der Waals surface area contributed by atoms with Gasteiger partial charge in [0.25, 0.3) is 0 Å². The summed E-state index contributed by atoms with van der Waals surface area (Å²) in [6.07, 6.45) is 3.67. The van der Waals surface area contributed by atoms with Gasteiger partial charge in [0.15, 0.2) is 0 Å². The molecule has 1 N–H and O–H groups in total. The Morgan fingerprint density at radius 2 is 1.56 bits per heavy atom. The average Bonchev–Trinajstić information content (AvgIpc) is 2.48. The highest BCUT2D eigenvalue weighted by molar-refractivity contribution is 5.82. The lowest BCUT2D eigenvalue weighted by Gasteiger charge is -2.59. The van der Waals surface area contributed by atoms with E-state index in [9.17, 15) is 28.3 Å². The van der Waals surface area contributed by atoms with E-state index < -0.39 is 41.3 Å². The fraction of sp³-hybridized carbons (Fsp3) is 0.824. The van der Waals surface area contributed by atoms with Crippen LogP contribution in [0.1, 0.15) is 45.4 Å². The van der Waals surface area contributed by atoms with Crippen molar-refractivity contribution in [2.24, 2.45) is 22.7 Å². The minimum absolute atomic E-state index is 0.210. The predicted octanol–water partition coefficient (Wildman–Crippen LogP) is 2.40. The van der Waals surface area contributed by atoms with Gasteiger partial charge in [-0.3, -0.25) is 9.59 Å². The van der Waals surface area contributed by atoms with Crippen LogP contribution in [0.4, 0.5) is 8.78 Å². The van der Waals surface area contributed by atoms with Gasteiger partial charge in [0.2, 0.25) is 0 Å². The molecule has 0 aromatic carbocycles. The first-order valence-electron chi connectivity index (χ1n) is 8.52. The van der Waals surface area contributed by atoms with Crippen molar-refractivity contribution in [3.8, 4) is 0 Å². The molecule has 0 aromatic heterocycles. The van der Waals surface area contributed by atoms with Gasteiger partial charge < -0.3 is 14.6 Å². The van der Waals surface area contributed by atoms with Crippen molar-refractivity contribution in [2.75, 3.05) is 13.2 Å². The summed E-state index contributed by atoms with van der Waals surface area (Å²) in [6, 6.07) is 0. The minimum atomic E-state index is -3.59. The lowest BCUT2D eigenvalue weighted by molar-refractivity contribution is -0.192. The number of rotatable bonds is 6. The molecule has 4 aliphatic rings. The van der Waals surface area contributed by atoms with Crippen molar-refractivity contribution in [3.63, 3.8) is 0 Å². The van der Waals surface area contributed by atoms with E-state index in [1.54, 1.807) is 0 Å². The number of carboxylic acid groups (broad SMARTS) is 1. The molecule has 4 bridgehead atoms. The first kappa shape index (κ1) is 18.1. The summed E-state index contributed by atoms with van der Waals surface area (Å²) in [6.45, 7) is -0.319. The van der Waals surface area contributed by atoms with Crippen LogP contribution in [0, 0.1) is 22.7 Å². The number of hydrogen-bond acceptors (Lipinski definition) is 5. The van der Waals surface area contributed by atoms with E-state index in [0.717, 1.165) is 6.42 Å². The highest BCUT2D eigenvalue weighted by atomic mass is 19.3. The average molecular weight is 360 g/mol. The van der Waals surface area contributed by atoms with Gasteiger partial charge in [-0.15, -0.1) is 0 Å². The molecular weight excluding hydrogens is 338 g/mol. The smallest absolute Gasteiger partial charge is 0.376 e. The second-order valence-electron chi connectivity index (χ2n) is 7.99. The van der Waals surface area contributed by atoms with E-state index in [1.807, 2.05) is 0 Å². The molecule has 0 radical (unpaired) electrons. The number of aliphatic carboxylic acids is 1. The third-order valence-corrected chi connectivity index (χ3v) is 5.86. The van der Waals surface area contributed by atoms with Crippen LogP contribution < -0.4 is 0 Å². The number of halogens is 2. The molecule has 4 fully saturated rings. The maximum Gasteiger partial charge on any atom is 0.376 e. The predicted molar refractivity (Wildman–Crippen MR) is 79.7 cm³/mol. The normalized spacial score (nSPS) is 36.1. The van der Waals surface area contributed by atoms with Crippen LogP contribution in [-0.4, -0.2) is 42.2 Å². The van der Waals surface area contributed by atoms with E-state index in [-0.39, 0.29) is 24.9 Å². The second-order valence-corrected chi connectivity index (χ2v) is 7.99. The summed E-state index contributed by atoms with van der Waals surface area (Å²) in [5, 5.41) is 9.65. The Hall–Kier alpha value is -1.73. The summed E-state index contributed by atoms with van der Waals surface area (Å²) in [7, 11) is 0. The summed E-state index contributed by atoms with van der Waals surface area (Å²) in [4.78, 5) is 35.3. The molecule has 4 saturated carbocycles. The molecular formula is C17H22F2O6. The molecule has 25 heavy (non-hydrogen) atoms. The van der Waals surface area contributed by atoms with E-state index in [1.165, 1.54) is 0 Å². The zero-order chi connectivity index (χ0) is 18.5. The molecule has 4 aliphatic carbocycles.